The first-order valence-corrected chi connectivity index (χ1v) is 8.85. The summed E-state index contributed by atoms with van der Waals surface area (Å²) in [6, 6.07) is 8.10. The standard InChI is InChI=1S/C19H14Cl2F3N3O/c1-11-9-27(10-25-11)14-6-12(19(22,23)24)5-13(7-14)26-18(28)8-15-16(20)3-2-4-17(15)21/h2-7,9-10H,8H2,1H3,(H,26,28). The SMILES string of the molecule is Cc1cn(-c2cc(NC(=O)Cc3c(Cl)cccc3Cl)cc(C(F)(F)F)c2)cn1. The first-order chi connectivity index (χ1) is 13.1. The zero-order valence-electron chi connectivity index (χ0n) is 14.5. The molecule has 28 heavy (non-hydrogen) atoms. The van der Waals surface area contributed by atoms with E-state index in [0.29, 0.717) is 21.3 Å². The van der Waals surface area contributed by atoms with Crippen molar-refractivity contribution in [3.8, 4) is 5.69 Å². The Kier molecular flexibility index (Phi) is 5.67. The molecule has 0 fully saturated rings. The number of nitrogens with zero attached hydrogens (tertiary/aromatic N) is 2. The normalized spacial score (nSPS) is 11.5. The second-order valence-electron chi connectivity index (χ2n) is 6.11. The Morgan fingerprint density at radius 3 is 2.43 bits per heavy atom. The summed E-state index contributed by atoms with van der Waals surface area (Å²) in [5.41, 5.74) is 0.394. The van der Waals surface area contributed by atoms with Crippen LogP contribution in [0.2, 0.25) is 10.0 Å². The lowest BCUT2D eigenvalue weighted by Crippen LogP contribution is -2.16. The zero-order chi connectivity index (χ0) is 20.5. The molecule has 0 radical (unpaired) electrons. The van der Waals surface area contributed by atoms with Crippen molar-refractivity contribution in [1.82, 2.24) is 9.55 Å². The molecule has 0 unspecified atom stereocenters. The van der Waals surface area contributed by atoms with Gasteiger partial charge in [0.05, 0.1) is 24.0 Å². The van der Waals surface area contributed by atoms with Crippen LogP contribution in [-0.2, 0) is 17.4 Å². The van der Waals surface area contributed by atoms with Crippen molar-refractivity contribution in [3.63, 3.8) is 0 Å². The Morgan fingerprint density at radius 2 is 1.86 bits per heavy atom. The number of anilines is 1. The molecular weight excluding hydrogens is 414 g/mol. The monoisotopic (exact) mass is 427 g/mol. The molecule has 0 spiro atoms. The van der Waals surface area contributed by atoms with Crippen molar-refractivity contribution < 1.29 is 18.0 Å². The van der Waals surface area contributed by atoms with Crippen LogP contribution in [0.1, 0.15) is 16.8 Å². The van der Waals surface area contributed by atoms with Gasteiger partial charge >= 0.3 is 6.18 Å². The lowest BCUT2D eigenvalue weighted by molar-refractivity contribution is -0.137. The summed E-state index contributed by atoms with van der Waals surface area (Å²) in [5.74, 6) is -0.540. The van der Waals surface area contributed by atoms with Gasteiger partial charge in [0.1, 0.15) is 0 Å². The van der Waals surface area contributed by atoms with E-state index in [0.717, 1.165) is 12.1 Å². The third kappa shape index (κ3) is 4.66. The second-order valence-corrected chi connectivity index (χ2v) is 6.93. The molecule has 1 amide bonds. The number of alkyl halides is 3. The second kappa shape index (κ2) is 7.85. The predicted octanol–water partition coefficient (Wildman–Crippen LogP) is 5.69. The van der Waals surface area contributed by atoms with Crippen LogP contribution in [0.25, 0.3) is 5.69 Å². The van der Waals surface area contributed by atoms with E-state index in [2.05, 4.69) is 10.3 Å². The Balaban J connectivity index is 1.91. The van der Waals surface area contributed by atoms with Gasteiger partial charge in [-0.3, -0.25) is 4.79 Å². The smallest absolute Gasteiger partial charge is 0.326 e. The molecule has 0 saturated heterocycles. The number of benzene rings is 2. The highest BCUT2D eigenvalue weighted by atomic mass is 35.5. The van der Waals surface area contributed by atoms with Gasteiger partial charge < -0.3 is 9.88 Å². The molecular formula is C19H14Cl2F3N3O. The molecule has 0 atom stereocenters. The van der Waals surface area contributed by atoms with Gasteiger partial charge in [-0.1, -0.05) is 29.3 Å². The number of aryl methyl sites for hydroxylation is 1. The van der Waals surface area contributed by atoms with Crippen LogP contribution in [0.4, 0.5) is 18.9 Å². The van der Waals surface area contributed by atoms with Crippen LogP contribution >= 0.6 is 23.2 Å². The Morgan fingerprint density at radius 1 is 1.18 bits per heavy atom. The fraction of sp³-hybridized carbons (Fsp3) is 0.158. The minimum atomic E-state index is -4.57. The predicted molar refractivity (Wildman–Crippen MR) is 102 cm³/mol. The minimum absolute atomic E-state index is 0.00403. The molecule has 9 heteroatoms. The van der Waals surface area contributed by atoms with E-state index in [1.807, 2.05) is 0 Å². The van der Waals surface area contributed by atoms with Gasteiger partial charge in [0, 0.05) is 27.6 Å². The summed E-state index contributed by atoms with van der Waals surface area (Å²) in [7, 11) is 0. The number of aromatic nitrogens is 2. The summed E-state index contributed by atoms with van der Waals surface area (Å²) in [6.45, 7) is 1.72. The number of rotatable bonds is 4. The van der Waals surface area contributed by atoms with Crippen LogP contribution in [0.3, 0.4) is 0 Å². The number of hydrogen-bond acceptors (Lipinski definition) is 2. The summed E-state index contributed by atoms with van der Waals surface area (Å²) in [4.78, 5) is 16.4. The van der Waals surface area contributed by atoms with Gasteiger partial charge in [0.25, 0.3) is 0 Å². The van der Waals surface area contributed by atoms with Crippen molar-refractivity contribution in [1.29, 1.82) is 0 Å². The fourth-order valence-electron chi connectivity index (χ4n) is 2.63. The Hall–Kier alpha value is -2.51. The number of carbonyl (C=O) groups excluding carboxylic acids is 1. The van der Waals surface area contributed by atoms with E-state index in [1.165, 1.54) is 17.0 Å². The highest BCUT2D eigenvalue weighted by molar-refractivity contribution is 6.36. The zero-order valence-corrected chi connectivity index (χ0v) is 16.0. The fourth-order valence-corrected chi connectivity index (χ4v) is 3.16. The molecule has 0 aliphatic heterocycles. The van der Waals surface area contributed by atoms with E-state index in [9.17, 15) is 18.0 Å². The van der Waals surface area contributed by atoms with E-state index < -0.39 is 17.6 Å². The van der Waals surface area contributed by atoms with Crippen molar-refractivity contribution in [3.05, 3.63) is 75.8 Å². The quantitative estimate of drug-likeness (QED) is 0.581. The van der Waals surface area contributed by atoms with Crippen LogP contribution in [0.15, 0.2) is 48.9 Å². The third-order valence-electron chi connectivity index (χ3n) is 3.94. The van der Waals surface area contributed by atoms with Crippen molar-refractivity contribution in [2.45, 2.75) is 19.5 Å². The van der Waals surface area contributed by atoms with Gasteiger partial charge in [-0.15, -0.1) is 0 Å². The molecule has 0 aliphatic carbocycles. The minimum Gasteiger partial charge on any atom is -0.326 e. The molecule has 0 bridgehead atoms. The molecule has 1 aromatic heterocycles. The number of nitrogens with one attached hydrogen (secondary N) is 1. The topological polar surface area (TPSA) is 46.9 Å². The van der Waals surface area contributed by atoms with E-state index >= 15 is 0 Å². The third-order valence-corrected chi connectivity index (χ3v) is 4.65. The van der Waals surface area contributed by atoms with Gasteiger partial charge in [-0.25, -0.2) is 4.98 Å². The van der Waals surface area contributed by atoms with Crippen molar-refractivity contribution >= 4 is 34.8 Å². The first kappa shape index (κ1) is 20.2. The van der Waals surface area contributed by atoms with Gasteiger partial charge in [0.2, 0.25) is 5.91 Å². The number of carbonyl (C=O) groups is 1. The number of hydrogen-bond donors (Lipinski definition) is 1. The first-order valence-electron chi connectivity index (χ1n) is 8.09. The number of imidazole rings is 1. The molecule has 4 nitrogen and oxygen atoms in total. The maximum atomic E-state index is 13.3. The van der Waals surface area contributed by atoms with Crippen molar-refractivity contribution in [2.24, 2.45) is 0 Å². The number of amides is 1. The molecule has 0 aliphatic rings. The Bertz CT molecular complexity index is 1010. The largest absolute Gasteiger partial charge is 0.416 e. The number of halogens is 5. The van der Waals surface area contributed by atoms with E-state index in [-0.39, 0.29) is 17.8 Å². The van der Waals surface area contributed by atoms with Crippen LogP contribution in [0.5, 0.6) is 0 Å². The van der Waals surface area contributed by atoms with Crippen molar-refractivity contribution in [2.75, 3.05) is 5.32 Å². The average molecular weight is 428 g/mol. The lowest BCUT2D eigenvalue weighted by Gasteiger charge is -2.14. The van der Waals surface area contributed by atoms with E-state index in [4.69, 9.17) is 23.2 Å². The Labute approximate surface area is 168 Å². The van der Waals surface area contributed by atoms with Crippen LogP contribution < -0.4 is 5.32 Å². The molecule has 1 heterocycles. The van der Waals surface area contributed by atoms with Crippen LogP contribution in [0, 0.1) is 6.92 Å². The molecule has 2 aromatic carbocycles. The molecule has 3 rings (SSSR count). The molecule has 1 N–H and O–H groups in total. The van der Waals surface area contributed by atoms with Crippen LogP contribution in [-0.4, -0.2) is 15.5 Å². The van der Waals surface area contributed by atoms with Gasteiger partial charge in [-0.2, -0.15) is 13.2 Å². The molecule has 3 aromatic rings. The van der Waals surface area contributed by atoms with Gasteiger partial charge in [0.15, 0.2) is 0 Å². The average Bonchev–Trinajstić information content (AvgIpc) is 3.04. The molecule has 0 saturated carbocycles. The summed E-state index contributed by atoms with van der Waals surface area (Å²) in [5, 5.41) is 3.10. The maximum Gasteiger partial charge on any atom is 0.416 e. The maximum absolute atomic E-state index is 13.3. The highest BCUT2D eigenvalue weighted by Crippen LogP contribution is 2.33. The van der Waals surface area contributed by atoms with Gasteiger partial charge in [-0.05, 0) is 42.8 Å². The lowest BCUT2D eigenvalue weighted by atomic mass is 10.1. The molecule has 146 valence electrons. The highest BCUT2D eigenvalue weighted by Gasteiger charge is 2.31. The summed E-state index contributed by atoms with van der Waals surface area (Å²) in [6.07, 6.45) is -1.75. The summed E-state index contributed by atoms with van der Waals surface area (Å²) < 4.78 is 41.3. The summed E-state index contributed by atoms with van der Waals surface area (Å²) >= 11 is 12.1. The van der Waals surface area contributed by atoms with E-state index in [1.54, 1.807) is 31.3 Å².